The lowest BCUT2D eigenvalue weighted by molar-refractivity contribution is -0.132. The Kier molecular flexibility index (Phi) is 7.42. The molecule has 152 valence electrons. The molecule has 28 heavy (non-hydrogen) atoms. The van der Waals surface area contributed by atoms with Crippen molar-refractivity contribution in [3.63, 3.8) is 0 Å². The van der Waals surface area contributed by atoms with Gasteiger partial charge in [0.25, 0.3) is 0 Å². The van der Waals surface area contributed by atoms with Crippen molar-refractivity contribution in [2.75, 3.05) is 33.3 Å². The number of carbonyl (C=O) groups excluding carboxylic acids is 1. The number of hydrogen-bond acceptors (Lipinski definition) is 6. The highest BCUT2D eigenvalue weighted by Gasteiger charge is 2.22. The lowest BCUT2D eigenvalue weighted by Crippen LogP contribution is -2.40. The number of piperidine rings is 1. The third kappa shape index (κ3) is 5.55. The quantitative estimate of drug-likeness (QED) is 0.714. The van der Waals surface area contributed by atoms with Gasteiger partial charge in [-0.2, -0.15) is 4.98 Å². The zero-order valence-electron chi connectivity index (χ0n) is 16.8. The van der Waals surface area contributed by atoms with E-state index in [4.69, 9.17) is 9.26 Å². The van der Waals surface area contributed by atoms with Crippen molar-refractivity contribution in [2.24, 2.45) is 5.92 Å². The lowest BCUT2D eigenvalue weighted by Gasteiger charge is -2.32. The van der Waals surface area contributed by atoms with Gasteiger partial charge in [-0.25, -0.2) is 0 Å². The van der Waals surface area contributed by atoms with Crippen LogP contribution in [0, 0.1) is 5.92 Å². The number of amides is 1. The van der Waals surface area contributed by atoms with Crippen LogP contribution in [-0.2, 0) is 11.2 Å². The maximum atomic E-state index is 12.4. The first-order valence-corrected chi connectivity index (χ1v) is 10.1. The molecule has 1 fully saturated rings. The molecule has 1 N–H and O–H groups in total. The molecule has 7 nitrogen and oxygen atoms in total. The fourth-order valence-electron chi connectivity index (χ4n) is 3.50. The van der Waals surface area contributed by atoms with Gasteiger partial charge in [0.15, 0.2) is 0 Å². The van der Waals surface area contributed by atoms with Crippen molar-refractivity contribution in [3.05, 3.63) is 30.2 Å². The van der Waals surface area contributed by atoms with E-state index < -0.39 is 0 Å². The van der Waals surface area contributed by atoms with Gasteiger partial charge < -0.3 is 19.5 Å². The minimum absolute atomic E-state index is 0.233. The first kappa shape index (κ1) is 20.3. The number of likely N-dealkylation sites (tertiary alicyclic amines) is 1. The van der Waals surface area contributed by atoms with Crippen molar-refractivity contribution >= 4 is 5.91 Å². The van der Waals surface area contributed by atoms with E-state index in [-0.39, 0.29) is 5.91 Å². The second-order valence-corrected chi connectivity index (χ2v) is 7.23. The predicted molar refractivity (Wildman–Crippen MR) is 107 cm³/mol. The Bertz CT molecular complexity index is 736. The van der Waals surface area contributed by atoms with Crippen molar-refractivity contribution < 1.29 is 14.1 Å². The van der Waals surface area contributed by atoms with Gasteiger partial charge in [0.1, 0.15) is 5.75 Å². The van der Waals surface area contributed by atoms with Crippen molar-refractivity contribution in [2.45, 2.75) is 39.0 Å². The van der Waals surface area contributed by atoms with Crippen LogP contribution in [0.3, 0.4) is 0 Å². The first-order chi connectivity index (χ1) is 13.7. The van der Waals surface area contributed by atoms with E-state index in [0.717, 1.165) is 56.8 Å². The zero-order valence-corrected chi connectivity index (χ0v) is 16.8. The van der Waals surface area contributed by atoms with Crippen LogP contribution in [-0.4, -0.2) is 54.2 Å². The summed E-state index contributed by atoms with van der Waals surface area (Å²) in [4.78, 5) is 18.9. The summed E-state index contributed by atoms with van der Waals surface area (Å²) in [6.45, 7) is 5.94. The van der Waals surface area contributed by atoms with Crippen LogP contribution in [0.15, 0.2) is 28.8 Å². The third-order valence-electron chi connectivity index (χ3n) is 5.25. The Balaban J connectivity index is 1.40. The SMILES string of the molecule is CCNCC1CCN(C(=O)CCCc2nc(-c3ccc(OC)cc3)no2)CC1. The maximum absolute atomic E-state index is 12.4. The van der Waals surface area contributed by atoms with E-state index in [9.17, 15) is 4.79 Å². The molecule has 0 bridgehead atoms. The van der Waals surface area contributed by atoms with E-state index in [2.05, 4.69) is 22.4 Å². The van der Waals surface area contributed by atoms with Gasteiger partial charge in [0.2, 0.25) is 17.6 Å². The summed E-state index contributed by atoms with van der Waals surface area (Å²) in [5.74, 6) is 2.85. The Hall–Kier alpha value is -2.41. The molecule has 3 rings (SSSR count). The molecule has 0 aliphatic carbocycles. The first-order valence-electron chi connectivity index (χ1n) is 10.1. The minimum atomic E-state index is 0.233. The van der Waals surface area contributed by atoms with Crippen molar-refractivity contribution in [1.29, 1.82) is 0 Å². The number of nitrogens with one attached hydrogen (secondary N) is 1. The van der Waals surface area contributed by atoms with Gasteiger partial charge in [-0.3, -0.25) is 4.79 Å². The molecule has 1 saturated heterocycles. The summed E-state index contributed by atoms with van der Waals surface area (Å²) in [5, 5.41) is 7.44. The van der Waals surface area contributed by atoms with Crippen LogP contribution in [0.4, 0.5) is 0 Å². The number of rotatable bonds is 9. The molecule has 0 atom stereocenters. The summed E-state index contributed by atoms with van der Waals surface area (Å²) in [5.41, 5.74) is 0.882. The van der Waals surface area contributed by atoms with Gasteiger partial charge in [-0.15, -0.1) is 0 Å². The number of ether oxygens (including phenoxy) is 1. The van der Waals surface area contributed by atoms with Gasteiger partial charge in [-0.1, -0.05) is 12.1 Å². The molecule has 1 aliphatic heterocycles. The molecular formula is C21H30N4O3. The highest BCUT2D eigenvalue weighted by Crippen LogP contribution is 2.21. The molecule has 1 aromatic heterocycles. The molecule has 0 spiro atoms. The third-order valence-corrected chi connectivity index (χ3v) is 5.25. The number of aromatic nitrogens is 2. The second kappa shape index (κ2) is 10.2. The number of aryl methyl sites for hydroxylation is 1. The zero-order chi connectivity index (χ0) is 19.8. The molecule has 2 aromatic rings. The highest BCUT2D eigenvalue weighted by molar-refractivity contribution is 5.76. The molecule has 0 radical (unpaired) electrons. The number of hydrogen-bond donors (Lipinski definition) is 1. The van der Waals surface area contributed by atoms with Crippen LogP contribution in [0.2, 0.25) is 0 Å². The molecule has 0 unspecified atom stereocenters. The monoisotopic (exact) mass is 386 g/mol. The number of methoxy groups -OCH3 is 1. The Labute approximate surface area is 166 Å². The number of carbonyl (C=O) groups is 1. The summed E-state index contributed by atoms with van der Waals surface area (Å²) in [7, 11) is 1.63. The van der Waals surface area contributed by atoms with Gasteiger partial charge >= 0.3 is 0 Å². The molecule has 1 amide bonds. The Morgan fingerprint density at radius 1 is 1.29 bits per heavy atom. The van der Waals surface area contributed by atoms with Crippen LogP contribution in [0.5, 0.6) is 5.75 Å². The molecule has 7 heteroatoms. The summed E-state index contributed by atoms with van der Waals surface area (Å²) in [6.07, 6.45) is 4.05. The molecular weight excluding hydrogens is 356 g/mol. The average Bonchev–Trinajstić information content (AvgIpc) is 3.21. The summed E-state index contributed by atoms with van der Waals surface area (Å²) >= 11 is 0. The highest BCUT2D eigenvalue weighted by atomic mass is 16.5. The van der Waals surface area contributed by atoms with Gasteiger partial charge in [-0.05, 0) is 62.5 Å². The smallest absolute Gasteiger partial charge is 0.226 e. The molecule has 1 aliphatic rings. The normalized spacial score (nSPS) is 15.0. The summed E-state index contributed by atoms with van der Waals surface area (Å²) in [6, 6.07) is 7.53. The fraction of sp³-hybridized carbons (Fsp3) is 0.571. The molecule has 0 saturated carbocycles. The van der Waals surface area contributed by atoms with Crippen LogP contribution in [0.1, 0.15) is 38.5 Å². The van der Waals surface area contributed by atoms with Crippen LogP contribution in [0.25, 0.3) is 11.4 Å². The Morgan fingerprint density at radius 2 is 2.04 bits per heavy atom. The number of nitrogens with zero attached hydrogens (tertiary/aromatic N) is 3. The van der Waals surface area contributed by atoms with Gasteiger partial charge in [0.05, 0.1) is 7.11 Å². The average molecular weight is 386 g/mol. The summed E-state index contributed by atoms with van der Waals surface area (Å²) < 4.78 is 10.5. The topological polar surface area (TPSA) is 80.5 Å². The molecule has 1 aromatic carbocycles. The van der Waals surface area contributed by atoms with E-state index in [1.165, 1.54) is 0 Å². The minimum Gasteiger partial charge on any atom is -0.497 e. The van der Waals surface area contributed by atoms with Crippen molar-refractivity contribution in [1.82, 2.24) is 20.4 Å². The lowest BCUT2D eigenvalue weighted by atomic mass is 9.96. The van der Waals surface area contributed by atoms with E-state index in [1.54, 1.807) is 7.11 Å². The van der Waals surface area contributed by atoms with Crippen LogP contribution < -0.4 is 10.1 Å². The standard InChI is InChI=1S/C21H30N4O3/c1-3-22-15-16-11-13-25(14-12-16)20(26)6-4-5-19-23-21(24-28-19)17-7-9-18(27-2)10-8-17/h7-10,16,22H,3-6,11-15H2,1-2H3. The van der Waals surface area contributed by atoms with Crippen LogP contribution >= 0.6 is 0 Å². The van der Waals surface area contributed by atoms with Crippen molar-refractivity contribution in [3.8, 4) is 17.1 Å². The molecule has 2 heterocycles. The van der Waals surface area contributed by atoms with E-state index in [0.29, 0.717) is 30.5 Å². The van der Waals surface area contributed by atoms with E-state index >= 15 is 0 Å². The Morgan fingerprint density at radius 3 is 2.71 bits per heavy atom. The second-order valence-electron chi connectivity index (χ2n) is 7.23. The fourth-order valence-corrected chi connectivity index (χ4v) is 3.50. The van der Waals surface area contributed by atoms with Gasteiger partial charge in [0, 0.05) is 31.5 Å². The van der Waals surface area contributed by atoms with E-state index in [1.807, 2.05) is 29.2 Å². The maximum Gasteiger partial charge on any atom is 0.226 e. The predicted octanol–water partition coefficient (Wildman–Crippen LogP) is 2.92. The number of benzene rings is 1. The largest absolute Gasteiger partial charge is 0.497 e.